The van der Waals surface area contributed by atoms with Gasteiger partial charge in [-0.3, -0.25) is 4.79 Å². The number of carbonyl (C=O) groups is 1. The van der Waals surface area contributed by atoms with Crippen LogP contribution in [0.15, 0.2) is 0 Å². The first-order valence-corrected chi connectivity index (χ1v) is 7.59. The summed E-state index contributed by atoms with van der Waals surface area (Å²) < 4.78 is 27.7. The van der Waals surface area contributed by atoms with E-state index in [0.717, 1.165) is 0 Å². The highest BCUT2D eigenvalue weighted by molar-refractivity contribution is 7.87. The maximum Gasteiger partial charge on any atom is 0.307 e. The third-order valence-electron chi connectivity index (χ3n) is 2.31. The average Bonchev–Trinajstić information content (AvgIpc) is 2.21. The molecule has 18 heavy (non-hydrogen) atoms. The van der Waals surface area contributed by atoms with Crippen molar-refractivity contribution in [3.05, 3.63) is 0 Å². The van der Waals surface area contributed by atoms with Crippen molar-refractivity contribution in [1.29, 1.82) is 0 Å². The lowest BCUT2D eigenvalue weighted by Gasteiger charge is -2.16. The molecule has 0 aliphatic heterocycles. The second-order valence-corrected chi connectivity index (χ2v) is 6.84. The molecule has 0 radical (unpaired) electrons. The van der Waals surface area contributed by atoms with Crippen LogP contribution in [0, 0.1) is 17.8 Å². The molecular weight excluding hydrogens is 256 g/mol. The second kappa shape index (κ2) is 7.70. The van der Waals surface area contributed by atoms with Crippen molar-refractivity contribution >= 4 is 16.2 Å². The lowest BCUT2D eigenvalue weighted by atomic mass is 9.98. The first kappa shape index (κ1) is 17.3. The molecule has 0 aromatic carbocycles. The summed E-state index contributed by atoms with van der Waals surface area (Å²) in [5.41, 5.74) is 0. The van der Waals surface area contributed by atoms with Crippen molar-refractivity contribution in [2.45, 2.75) is 34.1 Å². The van der Waals surface area contributed by atoms with Gasteiger partial charge in [0.1, 0.15) is 0 Å². The maximum atomic E-state index is 11.5. The van der Waals surface area contributed by atoms with Gasteiger partial charge >= 0.3 is 5.97 Å². The van der Waals surface area contributed by atoms with E-state index in [9.17, 15) is 13.2 Å². The number of hydrogen-bond acceptors (Lipinski definition) is 3. The fourth-order valence-corrected chi connectivity index (χ4v) is 2.45. The molecule has 0 aromatic rings. The van der Waals surface area contributed by atoms with Gasteiger partial charge in [-0.2, -0.15) is 8.42 Å². The Hall–Kier alpha value is -0.660. The highest BCUT2D eigenvalue weighted by atomic mass is 32.2. The van der Waals surface area contributed by atoms with Crippen molar-refractivity contribution in [2.75, 3.05) is 13.1 Å². The summed E-state index contributed by atoms with van der Waals surface area (Å²) in [6.07, 6.45) is 0.446. The van der Waals surface area contributed by atoms with Gasteiger partial charge in [0.2, 0.25) is 0 Å². The van der Waals surface area contributed by atoms with Crippen LogP contribution in [-0.2, 0) is 15.0 Å². The van der Waals surface area contributed by atoms with E-state index in [4.69, 9.17) is 5.11 Å². The standard InChI is InChI=1S/C11H24N2O4S/c1-8(2)5-10(11(14)15)7-13-18(16,17)12-6-9(3)4/h8-10,12-13H,5-7H2,1-4H3,(H,14,15). The zero-order chi connectivity index (χ0) is 14.3. The van der Waals surface area contributed by atoms with Crippen LogP contribution >= 0.6 is 0 Å². The molecule has 1 unspecified atom stereocenters. The highest BCUT2D eigenvalue weighted by Crippen LogP contribution is 2.11. The summed E-state index contributed by atoms with van der Waals surface area (Å²) in [7, 11) is -3.60. The van der Waals surface area contributed by atoms with Gasteiger partial charge in [-0.25, -0.2) is 9.44 Å². The first-order valence-electron chi connectivity index (χ1n) is 6.11. The number of nitrogens with one attached hydrogen (secondary N) is 2. The van der Waals surface area contributed by atoms with Gasteiger partial charge < -0.3 is 5.11 Å². The Morgan fingerprint density at radius 3 is 1.94 bits per heavy atom. The van der Waals surface area contributed by atoms with E-state index in [1.165, 1.54) is 0 Å². The minimum Gasteiger partial charge on any atom is -0.481 e. The molecule has 0 saturated carbocycles. The van der Waals surface area contributed by atoms with Crippen LogP contribution in [0.3, 0.4) is 0 Å². The topological polar surface area (TPSA) is 95.5 Å². The van der Waals surface area contributed by atoms with Gasteiger partial charge in [0.25, 0.3) is 10.2 Å². The molecule has 0 saturated heterocycles. The Morgan fingerprint density at radius 2 is 1.56 bits per heavy atom. The monoisotopic (exact) mass is 280 g/mol. The highest BCUT2D eigenvalue weighted by Gasteiger charge is 2.21. The van der Waals surface area contributed by atoms with Crippen molar-refractivity contribution < 1.29 is 18.3 Å². The summed E-state index contributed by atoms with van der Waals surface area (Å²) in [4.78, 5) is 11.0. The Morgan fingerprint density at radius 1 is 1.06 bits per heavy atom. The van der Waals surface area contributed by atoms with Crippen LogP contribution in [0.2, 0.25) is 0 Å². The minimum atomic E-state index is -3.60. The number of aliphatic carboxylic acids is 1. The zero-order valence-corrected chi connectivity index (χ0v) is 12.3. The van der Waals surface area contributed by atoms with E-state index < -0.39 is 22.1 Å². The van der Waals surface area contributed by atoms with Crippen LogP contribution in [0.5, 0.6) is 0 Å². The summed E-state index contributed by atoms with van der Waals surface area (Å²) in [5, 5.41) is 8.98. The van der Waals surface area contributed by atoms with Crippen LogP contribution in [0.25, 0.3) is 0 Å². The summed E-state index contributed by atoms with van der Waals surface area (Å²) in [6.45, 7) is 7.84. The molecule has 0 heterocycles. The minimum absolute atomic E-state index is 0.0824. The summed E-state index contributed by atoms with van der Waals surface area (Å²) in [6, 6.07) is 0. The number of carboxylic acid groups (broad SMARTS) is 1. The van der Waals surface area contributed by atoms with E-state index in [1.54, 1.807) is 0 Å². The molecule has 108 valence electrons. The predicted molar refractivity (Wildman–Crippen MR) is 70.3 cm³/mol. The van der Waals surface area contributed by atoms with Gasteiger partial charge in [-0.15, -0.1) is 0 Å². The fraction of sp³-hybridized carbons (Fsp3) is 0.909. The normalized spacial score (nSPS) is 14.1. The lowest BCUT2D eigenvalue weighted by molar-refractivity contribution is -0.142. The van der Waals surface area contributed by atoms with E-state index in [-0.39, 0.29) is 18.4 Å². The lowest BCUT2D eigenvalue weighted by Crippen LogP contribution is -2.42. The van der Waals surface area contributed by atoms with E-state index in [1.807, 2.05) is 27.7 Å². The van der Waals surface area contributed by atoms with E-state index >= 15 is 0 Å². The molecule has 7 heteroatoms. The van der Waals surface area contributed by atoms with Crippen LogP contribution in [0.1, 0.15) is 34.1 Å². The number of carboxylic acids is 1. The number of rotatable bonds is 9. The quantitative estimate of drug-likeness (QED) is 0.582. The summed E-state index contributed by atoms with van der Waals surface area (Å²) in [5.74, 6) is -1.26. The number of hydrogen-bond donors (Lipinski definition) is 3. The predicted octanol–water partition coefficient (Wildman–Crippen LogP) is 0.813. The maximum absolute atomic E-state index is 11.5. The van der Waals surface area contributed by atoms with Gasteiger partial charge in [-0.1, -0.05) is 27.7 Å². The van der Waals surface area contributed by atoms with Crippen molar-refractivity contribution in [3.8, 4) is 0 Å². The van der Waals surface area contributed by atoms with Gasteiger partial charge in [0.05, 0.1) is 5.92 Å². The Balaban J connectivity index is 4.29. The SMILES string of the molecule is CC(C)CNS(=O)(=O)NCC(CC(C)C)C(=O)O. The Bertz CT molecular complexity index is 352. The molecular formula is C11H24N2O4S. The zero-order valence-electron chi connectivity index (χ0n) is 11.4. The van der Waals surface area contributed by atoms with Crippen LogP contribution < -0.4 is 9.44 Å². The van der Waals surface area contributed by atoms with Gasteiger partial charge in [0, 0.05) is 13.1 Å². The molecule has 0 amide bonds. The Kier molecular flexibility index (Phi) is 7.42. The fourth-order valence-electron chi connectivity index (χ4n) is 1.38. The van der Waals surface area contributed by atoms with Crippen molar-refractivity contribution in [3.63, 3.8) is 0 Å². The smallest absolute Gasteiger partial charge is 0.307 e. The molecule has 0 aliphatic carbocycles. The average molecular weight is 280 g/mol. The van der Waals surface area contributed by atoms with Crippen LogP contribution in [0.4, 0.5) is 0 Å². The molecule has 0 rings (SSSR count). The van der Waals surface area contributed by atoms with E-state index in [0.29, 0.717) is 13.0 Å². The Labute approximate surface area is 109 Å². The molecule has 0 fully saturated rings. The van der Waals surface area contributed by atoms with E-state index in [2.05, 4.69) is 9.44 Å². The van der Waals surface area contributed by atoms with Crippen LogP contribution in [-0.4, -0.2) is 32.6 Å². The van der Waals surface area contributed by atoms with Gasteiger partial charge in [0.15, 0.2) is 0 Å². The summed E-state index contributed by atoms with van der Waals surface area (Å²) >= 11 is 0. The molecule has 1 atom stereocenters. The third kappa shape index (κ3) is 8.43. The molecule has 0 aromatic heterocycles. The molecule has 0 spiro atoms. The largest absolute Gasteiger partial charge is 0.481 e. The van der Waals surface area contributed by atoms with Gasteiger partial charge in [-0.05, 0) is 18.3 Å². The van der Waals surface area contributed by atoms with Crippen molar-refractivity contribution in [2.24, 2.45) is 17.8 Å². The molecule has 6 nitrogen and oxygen atoms in total. The molecule has 0 bridgehead atoms. The molecule has 3 N–H and O–H groups in total. The van der Waals surface area contributed by atoms with Crippen molar-refractivity contribution in [1.82, 2.24) is 9.44 Å². The first-order chi connectivity index (χ1) is 8.14. The molecule has 0 aliphatic rings. The third-order valence-corrected chi connectivity index (χ3v) is 3.40. The second-order valence-electron chi connectivity index (χ2n) is 5.26.